The van der Waals surface area contributed by atoms with Gasteiger partial charge in [-0.2, -0.15) is 0 Å². The van der Waals surface area contributed by atoms with Crippen LogP contribution in [0.2, 0.25) is 0 Å². The minimum atomic E-state index is -0.200. The lowest BCUT2D eigenvalue weighted by Crippen LogP contribution is -2.60. The summed E-state index contributed by atoms with van der Waals surface area (Å²) in [5, 5.41) is 7.66. The Labute approximate surface area is 245 Å². The molecule has 3 aliphatic rings. The number of benzene rings is 1. The van der Waals surface area contributed by atoms with Crippen LogP contribution in [-0.2, 0) is 4.74 Å². The van der Waals surface area contributed by atoms with Gasteiger partial charge in [-0.25, -0.2) is 15.4 Å². The molecular formula is C30H48N8OS. The van der Waals surface area contributed by atoms with E-state index in [1.807, 2.05) is 57.2 Å². The van der Waals surface area contributed by atoms with E-state index in [9.17, 15) is 0 Å². The number of hydrazine groups is 1. The molecule has 1 aromatic rings. The summed E-state index contributed by atoms with van der Waals surface area (Å²) in [6.45, 7) is 25.1. The average molecular weight is 569 g/mol. The van der Waals surface area contributed by atoms with Crippen LogP contribution in [-0.4, -0.2) is 73.7 Å². The van der Waals surface area contributed by atoms with E-state index in [1.54, 1.807) is 25.8 Å². The molecule has 1 aromatic carbocycles. The number of ether oxygens (including phenoxy) is 1. The highest BCUT2D eigenvalue weighted by atomic mass is 32.2. The zero-order chi connectivity index (χ0) is 29.9. The number of hydrogen-bond acceptors (Lipinski definition) is 8. The van der Waals surface area contributed by atoms with Crippen LogP contribution < -0.4 is 21.5 Å². The van der Waals surface area contributed by atoms with Gasteiger partial charge in [-0.1, -0.05) is 69.1 Å². The predicted molar refractivity (Wildman–Crippen MR) is 173 cm³/mol. The topological polar surface area (TPSA) is 88.5 Å². The van der Waals surface area contributed by atoms with Crippen molar-refractivity contribution in [3.63, 3.8) is 0 Å². The zero-order valence-electron chi connectivity index (χ0n) is 25.0. The van der Waals surface area contributed by atoms with Crippen molar-refractivity contribution in [3.8, 4) is 0 Å². The van der Waals surface area contributed by atoms with Gasteiger partial charge in [-0.15, -0.1) is 13.2 Å². The van der Waals surface area contributed by atoms with Gasteiger partial charge in [0, 0.05) is 31.1 Å². The van der Waals surface area contributed by atoms with Crippen LogP contribution in [0.3, 0.4) is 0 Å². The van der Waals surface area contributed by atoms with Crippen molar-refractivity contribution in [3.05, 3.63) is 91.9 Å². The summed E-state index contributed by atoms with van der Waals surface area (Å²) in [6, 6.07) is 10.3. The molecule has 3 heterocycles. The molecule has 0 spiro atoms. The fraction of sp³-hybridized carbons (Fsp3) is 0.400. The molecule has 0 bridgehead atoms. The molecule has 1 fully saturated rings. The number of aliphatic imine (C=N–C) groups is 2. The number of nitrogens with zero attached hydrogens (tertiary/aromatic N) is 4. The van der Waals surface area contributed by atoms with E-state index < -0.39 is 0 Å². The Morgan fingerprint density at radius 1 is 1.15 bits per heavy atom. The first-order valence-electron chi connectivity index (χ1n) is 13.5. The SMILES string of the molecule is C=C.C=C(C)OC.C=C/C(=C\C)C1=CC(/N=C2/NC(Sc3ccccc3)=NC(N3CCN(C)CC3)N2)NN1.CC. The summed E-state index contributed by atoms with van der Waals surface area (Å²) < 4.78 is 4.56. The summed E-state index contributed by atoms with van der Waals surface area (Å²) in [4.78, 5) is 15.6. The molecular weight excluding hydrogens is 520 g/mol. The summed E-state index contributed by atoms with van der Waals surface area (Å²) in [5.41, 5.74) is 8.40. The van der Waals surface area contributed by atoms with Gasteiger partial charge in [0.25, 0.3) is 0 Å². The van der Waals surface area contributed by atoms with Gasteiger partial charge >= 0.3 is 0 Å². The molecule has 2 atom stereocenters. The van der Waals surface area contributed by atoms with Gasteiger partial charge in [0.1, 0.15) is 6.17 Å². The molecule has 3 aliphatic heterocycles. The van der Waals surface area contributed by atoms with Crippen molar-refractivity contribution in [2.24, 2.45) is 9.98 Å². The number of amidine groups is 1. The van der Waals surface area contributed by atoms with E-state index >= 15 is 0 Å². The molecule has 0 saturated carbocycles. The predicted octanol–water partition coefficient (Wildman–Crippen LogP) is 4.66. The standard InChI is InChI=1S/C22H30N8S.C4H8O.C2H6.C2H4/c1-4-16(5-2)18-15-19(28-27-18)23-20-24-21(30-13-11-29(3)12-14-30)26-22(25-20)31-17-9-7-6-8-10-17;1-4(2)5-3;2*1-2/h4-10,15,19,21,27-28H,1,11-14H2,2-3H3,(H2,23,24,25,26);1H2,2-3H3;1-2H3;1-2H2/b16-5+;;;. The molecule has 10 heteroatoms. The third-order valence-electron chi connectivity index (χ3n) is 5.71. The maximum absolute atomic E-state index is 4.93. The highest BCUT2D eigenvalue weighted by Gasteiger charge is 2.28. The number of nitrogens with one attached hydrogen (secondary N) is 4. The molecule has 0 radical (unpaired) electrons. The third-order valence-corrected chi connectivity index (χ3v) is 6.62. The monoisotopic (exact) mass is 568 g/mol. The number of hydrogen-bond donors (Lipinski definition) is 4. The first kappa shape index (κ1) is 34.7. The molecule has 0 amide bonds. The average Bonchev–Trinajstić information content (AvgIpc) is 3.45. The van der Waals surface area contributed by atoms with E-state index in [4.69, 9.17) is 9.98 Å². The van der Waals surface area contributed by atoms with Crippen LogP contribution in [0.5, 0.6) is 0 Å². The van der Waals surface area contributed by atoms with Gasteiger partial charge in [0.2, 0.25) is 5.96 Å². The Morgan fingerprint density at radius 3 is 2.33 bits per heavy atom. The number of rotatable bonds is 6. The largest absolute Gasteiger partial charge is 0.502 e. The maximum atomic E-state index is 4.93. The van der Waals surface area contributed by atoms with Crippen LogP contribution in [0.1, 0.15) is 27.7 Å². The van der Waals surface area contributed by atoms with Crippen molar-refractivity contribution >= 4 is 22.9 Å². The van der Waals surface area contributed by atoms with Crippen molar-refractivity contribution in [1.29, 1.82) is 0 Å². The van der Waals surface area contributed by atoms with Crippen LogP contribution in [0.4, 0.5) is 0 Å². The molecule has 1 saturated heterocycles. The Hall–Kier alpha value is -3.31. The van der Waals surface area contributed by atoms with E-state index in [-0.39, 0.29) is 12.5 Å². The lowest BCUT2D eigenvalue weighted by molar-refractivity contribution is 0.106. The first-order chi connectivity index (χ1) is 19.4. The molecule has 40 heavy (non-hydrogen) atoms. The number of likely N-dealkylation sites (N-methyl/N-ethyl adjacent to an activating group) is 1. The van der Waals surface area contributed by atoms with E-state index in [0.29, 0.717) is 5.96 Å². The number of guanidine groups is 1. The Morgan fingerprint density at radius 2 is 1.77 bits per heavy atom. The van der Waals surface area contributed by atoms with Gasteiger partial charge in [0.05, 0.1) is 18.6 Å². The number of methoxy groups -OCH3 is 1. The minimum absolute atomic E-state index is 0.142. The molecule has 0 aromatic heterocycles. The van der Waals surface area contributed by atoms with Crippen LogP contribution in [0, 0.1) is 0 Å². The first-order valence-corrected chi connectivity index (χ1v) is 14.3. The Bertz CT molecular complexity index is 1030. The summed E-state index contributed by atoms with van der Waals surface area (Å²) in [6.07, 6.45) is 5.56. The summed E-state index contributed by atoms with van der Waals surface area (Å²) in [7, 11) is 3.76. The van der Waals surface area contributed by atoms with Crippen molar-refractivity contribution in [1.82, 2.24) is 31.3 Å². The van der Waals surface area contributed by atoms with Gasteiger partial charge < -0.3 is 25.7 Å². The Kier molecular flexibility index (Phi) is 17.1. The molecule has 9 nitrogen and oxygen atoms in total. The third kappa shape index (κ3) is 11.8. The van der Waals surface area contributed by atoms with Crippen molar-refractivity contribution in [2.75, 3.05) is 40.3 Å². The molecule has 0 aliphatic carbocycles. The van der Waals surface area contributed by atoms with Gasteiger partial charge in [0.15, 0.2) is 11.5 Å². The van der Waals surface area contributed by atoms with Gasteiger partial charge in [-0.05, 0) is 44.7 Å². The normalized spacial score (nSPS) is 21.6. The fourth-order valence-corrected chi connectivity index (χ4v) is 4.37. The minimum Gasteiger partial charge on any atom is -0.502 e. The lowest BCUT2D eigenvalue weighted by Gasteiger charge is -2.38. The second-order valence-electron chi connectivity index (χ2n) is 8.46. The Balaban J connectivity index is 0.000000789. The second-order valence-corrected chi connectivity index (χ2v) is 9.52. The van der Waals surface area contributed by atoms with E-state index in [0.717, 1.165) is 53.3 Å². The molecule has 220 valence electrons. The summed E-state index contributed by atoms with van der Waals surface area (Å²) >= 11 is 1.61. The van der Waals surface area contributed by atoms with Crippen LogP contribution in [0.25, 0.3) is 0 Å². The number of allylic oxidation sites excluding steroid dienone is 3. The number of thioether (sulfide) groups is 1. The smallest absolute Gasteiger partial charge is 0.202 e. The fourth-order valence-electron chi connectivity index (χ4n) is 3.55. The molecule has 2 unspecified atom stereocenters. The van der Waals surface area contributed by atoms with Crippen LogP contribution >= 0.6 is 11.8 Å². The highest BCUT2D eigenvalue weighted by molar-refractivity contribution is 8.13. The van der Waals surface area contributed by atoms with Crippen molar-refractivity contribution < 1.29 is 4.74 Å². The highest BCUT2D eigenvalue weighted by Crippen LogP contribution is 2.21. The number of piperazine rings is 1. The molecule has 4 N–H and O–H groups in total. The van der Waals surface area contributed by atoms with Crippen LogP contribution in [0.15, 0.2) is 107 Å². The van der Waals surface area contributed by atoms with Crippen molar-refractivity contribution in [2.45, 2.75) is 45.0 Å². The van der Waals surface area contributed by atoms with E-state index in [2.05, 4.69) is 81.5 Å². The maximum Gasteiger partial charge on any atom is 0.202 e. The molecule has 4 rings (SSSR count). The quantitative estimate of drug-likeness (QED) is 0.224. The summed E-state index contributed by atoms with van der Waals surface area (Å²) in [5.74, 6) is 1.46. The lowest BCUT2D eigenvalue weighted by atomic mass is 10.2. The second kappa shape index (κ2) is 19.7. The zero-order valence-corrected chi connectivity index (χ0v) is 25.9. The van der Waals surface area contributed by atoms with E-state index in [1.165, 1.54) is 0 Å². The van der Waals surface area contributed by atoms with Gasteiger partial charge in [-0.3, -0.25) is 4.90 Å².